The second-order valence-electron chi connectivity index (χ2n) is 6.11. The molecular weight excluding hydrogens is 292 g/mol. The minimum Gasteiger partial charge on any atom is -0.477 e. The standard InChI is InChI=1S/C14H22N2O4S/c1-9-11(13(17)18)15-10(2)12(9)21(19,20)16-14(3)7-5-4-6-8-14/h15-16H,4-8H2,1-3H3,(H,17,18). The molecule has 0 aliphatic heterocycles. The molecule has 0 atom stereocenters. The molecule has 0 unspecified atom stereocenters. The molecule has 1 aliphatic carbocycles. The molecule has 2 rings (SSSR count). The van der Waals surface area contributed by atoms with E-state index in [0.717, 1.165) is 32.1 Å². The van der Waals surface area contributed by atoms with Gasteiger partial charge >= 0.3 is 5.97 Å². The quantitative estimate of drug-likeness (QED) is 0.794. The van der Waals surface area contributed by atoms with E-state index in [0.29, 0.717) is 5.69 Å². The lowest BCUT2D eigenvalue weighted by Gasteiger charge is -2.34. The smallest absolute Gasteiger partial charge is 0.352 e. The molecule has 7 heteroatoms. The van der Waals surface area contributed by atoms with Gasteiger partial charge in [-0.15, -0.1) is 0 Å². The average molecular weight is 314 g/mol. The summed E-state index contributed by atoms with van der Waals surface area (Å²) in [6.45, 7) is 5.01. The fourth-order valence-electron chi connectivity index (χ4n) is 3.16. The number of rotatable bonds is 4. The van der Waals surface area contributed by atoms with Crippen molar-refractivity contribution in [1.82, 2.24) is 9.71 Å². The van der Waals surface area contributed by atoms with Crippen molar-refractivity contribution in [2.45, 2.75) is 63.3 Å². The Kier molecular flexibility index (Phi) is 4.17. The van der Waals surface area contributed by atoms with Gasteiger partial charge in [-0.1, -0.05) is 19.3 Å². The molecule has 0 aromatic carbocycles. The van der Waals surface area contributed by atoms with Crippen LogP contribution in [0.3, 0.4) is 0 Å². The van der Waals surface area contributed by atoms with E-state index in [1.165, 1.54) is 6.92 Å². The van der Waals surface area contributed by atoms with Crippen LogP contribution in [0.1, 0.15) is 60.8 Å². The van der Waals surface area contributed by atoms with Crippen LogP contribution in [-0.2, 0) is 10.0 Å². The molecule has 0 saturated heterocycles. The monoisotopic (exact) mass is 314 g/mol. The molecule has 1 aliphatic rings. The minimum atomic E-state index is -3.74. The zero-order valence-electron chi connectivity index (χ0n) is 12.6. The molecule has 1 heterocycles. The lowest BCUT2D eigenvalue weighted by molar-refractivity contribution is 0.0690. The summed E-state index contributed by atoms with van der Waals surface area (Å²) < 4.78 is 28.1. The van der Waals surface area contributed by atoms with Gasteiger partial charge in [0, 0.05) is 16.8 Å². The van der Waals surface area contributed by atoms with E-state index in [2.05, 4.69) is 9.71 Å². The molecule has 0 radical (unpaired) electrons. The molecule has 3 N–H and O–H groups in total. The van der Waals surface area contributed by atoms with Crippen molar-refractivity contribution >= 4 is 16.0 Å². The van der Waals surface area contributed by atoms with Crippen molar-refractivity contribution < 1.29 is 18.3 Å². The van der Waals surface area contributed by atoms with Crippen molar-refractivity contribution in [2.24, 2.45) is 0 Å². The van der Waals surface area contributed by atoms with Gasteiger partial charge in [-0.3, -0.25) is 0 Å². The molecule has 1 aromatic rings. The summed E-state index contributed by atoms with van der Waals surface area (Å²) >= 11 is 0. The highest BCUT2D eigenvalue weighted by Gasteiger charge is 2.35. The van der Waals surface area contributed by atoms with Crippen LogP contribution in [0.25, 0.3) is 0 Å². The first kappa shape index (κ1) is 16.0. The van der Waals surface area contributed by atoms with Crippen LogP contribution in [-0.4, -0.2) is 30.0 Å². The highest BCUT2D eigenvalue weighted by molar-refractivity contribution is 7.89. The van der Waals surface area contributed by atoms with Gasteiger partial charge in [0.1, 0.15) is 10.6 Å². The second-order valence-corrected chi connectivity index (χ2v) is 7.73. The summed E-state index contributed by atoms with van der Waals surface area (Å²) in [5.74, 6) is -1.15. The van der Waals surface area contributed by atoms with Gasteiger partial charge in [0.2, 0.25) is 10.0 Å². The summed E-state index contributed by atoms with van der Waals surface area (Å²) in [5.41, 5.74) is 0.0989. The molecule has 1 fully saturated rings. The van der Waals surface area contributed by atoms with Crippen LogP contribution < -0.4 is 4.72 Å². The fraction of sp³-hybridized carbons (Fsp3) is 0.643. The van der Waals surface area contributed by atoms with Crippen LogP contribution in [0.15, 0.2) is 4.90 Å². The number of hydrogen-bond donors (Lipinski definition) is 3. The predicted molar refractivity (Wildman–Crippen MR) is 79.0 cm³/mol. The topological polar surface area (TPSA) is 99.3 Å². The number of aromatic amines is 1. The molecule has 0 amide bonds. The number of aromatic nitrogens is 1. The number of carbonyl (C=O) groups is 1. The number of nitrogens with one attached hydrogen (secondary N) is 2. The maximum atomic E-state index is 12.7. The SMILES string of the molecule is Cc1[nH]c(C(=O)O)c(C)c1S(=O)(=O)NC1(C)CCCCC1. The third-order valence-electron chi connectivity index (χ3n) is 4.19. The van der Waals surface area contributed by atoms with Gasteiger partial charge in [-0.25, -0.2) is 17.9 Å². The number of H-pyrrole nitrogens is 1. The maximum absolute atomic E-state index is 12.7. The minimum absolute atomic E-state index is 0.0618. The van der Waals surface area contributed by atoms with E-state index in [-0.39, 0.29) is 16.2 Å². The summed E-state index contributed by atoms with van der Waals surface area (Å²) in [6, 6.07) is 0. The predicted octanol–water partition coefficient (Wildman–Crippen LogP) is 2.33. The zero-order chi connectivity index (χ0) is 15.8. The van der Waals surface area contributed by atoms with Gasteiger partial charge < -0.3 is 10.1 Å². The highest BCUT2D eigenvalue weighted by Crippen LogP contribution is 2.31. The summed E-state index contributed by atoms with van der Waals surface area (Å²) in [4.78, 5) is 13.8. The normalized spacial score (nSPS) is 18.6. The average Bonchev–Trinajstić information content (AvgIpc) is 2.65. The molecule has 1 saturated carbocycles. The first-order valence-corrected chi connectivity index (χ1v) is 8.61. The van der Waals surface area contributed by atoms with Crippen molar-refractivity contribution in [3.05, 3.63) is 17.0 Å². The van der Waals surface area contributed by atoms with Gasteiger partial charge in [-0.2, -0.15) is 0 Å². The lowest BCUT2D eigenvalue weighted by Crippen LogP contribution is -2.47. The Morgan fingerprint density at radius 1 is 1.24 bits per heavy atom. The number of hydrogen-bond acceptors (Lipinski definition) is 3. The number of carboxylic acids is 1. The summed E-state index contributed by atoms with van der Waals surface area (Å²) in [5, 5.41) is 9.09. The van der Waals surface area contributed by atoms with Gasteiger partial charge in [0.05, 0.1) is 0 Å². The van der Waals surface area contributed by atoms with E-state index in [1.807, 2.05) is 6.92 Å². The molecule has 0 spiro atoms. The van der Waals surface area contributed by atoms with E-state index < -0.39 is 21.5 Å². The second kappa shape index (κ2) is 5.46. The largest absolute Gasteiger partial charge is 0.477 e. The van der Waals surface area contributed by atoms with E-state index in [1.54, 1.807) is 6.92 Å². The lowest BCUT2D eigenvalue weighted by atomic mass is 9.84. The Morgan fingerprint density at radius 2 is 1.81 bits per heavy atom. The molecule has 21 heavy (non-hydrogen) atoms. The number of sulfonamides is 1. The Bertz CT molecular complexity index is 655. The van der Waals surface area contributed by atoms with Gasteiger partial charge in [-0.05, 0) is 33.6 Å². The van der Waals surface area contributed by atoms with Crippen molar-refractivity contribution in [1.29, 1.82) is 0 Å². The highest BCUT2D eigenvalue weighted by atomic mass is 32.2. The van der Waals surface area contributed by atoms with Crippen LogP contribution in [0, 0.1) is 13.8 Å². The van der Waals surface area contributed by atoms with Crippen LogP contribution >= 0.6 is 0 Å². The Labute approximate surface area is 125 Å². The third-order valence-corrected chi connectivity index (χ3v) is 6.10. The number of aromatic carboxylic acids is 1. The van der Waals surface area contributed by atoms with Crippen LogP contribution in [0.4, 0.5) is 0 Å². The van der Waals surface area contributed by atoms with Crippen molar-refractivity contribution in [3.8, 4) is 0 Å². The Hall–Kier alpha value is -1.34. The third kappa shape index (κ3) is 3.13. The number of aryl methyl sites for hydroxylation is 1. The maximum Gasteiger partial charge on any atom is 0.352 e. The summed E-state index contributed by atoms with van der Waals surface area (Å²) in [6.07, 6.45) is 4.75. The Morgan fingerprint density at radius 3 is 2.29 bits per heavy atom. The van der Waals surface area contributed by atoms with Crippen LogP contribution in [0.2, 0.25) is 0 Å². The van der Waals surface area contributed by atoms with Crippen molar-refractivity contribution in [2.75, 3.05) is 0 Å². The molecule has 1 aromatic heterocycles. The molecular formula is C14H22N2O4S. The fourth-order valence-corrected chi connectivity index (χ4v) is 5.07. The molecule has 0 bridgehead atoms. The van der Waals surface area contributed by atoms with Gasteiger partial charge in [0.25, 0.3) is 0 Å². The first-order chi connectivity index (χ1) is 9.66. The van der Waals surface area contributed by atoms with Crippen LogP contribution in [0.5, 0.6) is 0 Å². The van der Waals surface area contributed by atoms with Gasteiger partial charge in [0.15, 0.2) is 0 Å². The van der Waals surface area contributed by atoms with Crippen molar-refractivity contribution in [3.63, 3.8) is 0 Å². The first-order valence-electron chi connectivity index (χ1n) is 7.13. The molecule has 118 valence electrons. The summed E-state index contributed by atoms with van der Waals surface area (Å²) in [7, 11) is -3.74. The Balaban J connectivity index is 2.38. The molecule has 6 nitrogen and oxygen atoms in total. The van der Waals surface area contributed by atoms with E-state index in [9.17, 15) is 13.2 Å². The number of carboxylic acid groups (broad SMARTS) is 1. The van der Waals surface area contributed by atoms with E-state index in [4.69, 9.17) is 5.11 Å². The zero-order valence-corrected chi connectivity index (χ0v) is 13.4. The van der Waals surface area contributed by atoms with E-state index >= 15 is 0 Å².